The molecule has 1 aromatic heterocycles. The molecule has 0 aliphatic carbocycles. The Kier molecular flexibility index (Phi) is 4.38. The standard InChI is InChI=1S/C12H14FN3OS2/c1-12(2,17)7-18-11-16-15-10(19-11)14-9-5-3-4-8(13)6-9/h3-6,17H,7H2,1-2H3,(H,14,15). The maximum Gasteiger partial charge on any atom is 0.210 e. The first kappa shape index (κ1) is 14.2. The van der Waals surface area contributed by atoms with Crippen molar-refractivity contribution in [2.75, 3.05) is 11.1 Å². The minimum absolute atomic E-state index is 0.300. The van der Waals surface area contributed by atoms with Crippen molar-refractivity contribution < 1.29 is 9.50 Å². The Morgan fingerprint density at radius 2 is 2.21 bits per heavy atom. The van der Waals surface area contributed by atoms with Crippen molar-refractivity contribution in [3.05, 3.63) is 30.1 Å². The largest absolute Gasteiger partial charge is 0.390 e. The number of anilines is 2. The van der Waals surface area contributed by atoms with Gasteiger partial charge in [0.1, 0.15) is 5.82 Å². The van der Waals surface area contributed by atoms with Gasteiger partial charge in [-0.05, 0) is 32.0 Å². The smallest absolute Gasteiger partial charge is 0.210 e. The highest BCUT2D eigenvalue weighted by atomic mass is 32.2. The van der Waals surface area contributed by atoms with Gasteiger partial charge in [-0.2, -0.15) is 0 Å². The molecule has 0 aliphatic rings. The van der Waals surface area contributed by atoms with Crippen LogP contribution in [0.2, 0.25) is 0 Å². The number of aliphatic hydroxyl groups is 1. The number of aromatic nitrogens is 2. The first-order chi connectivity index (χ1) is 8.92. The number of benzene rings is 1. The minimum atomic E-state index is -0.744. The first-order valence-corrected chi connectivity index (χ1v) is 7.44. The molecule has 0 unspecified atom stereocenters. The maximum atomic E-state index is 13.0. The highest BCUT2D eigenvalue weighted by Crippen LogP contribution is 2.29. The zero-order valence-corrected chi connectivity index (χ0v) is 12.2. The lowest BCUT2D eigenvalue weighted by Gasteiger charge is -2.14. The molecule has 0 atom stereocenters. The van der Waals surface area contributed by atoms with E-state index >= 15 is 0 Å². The molecule has 0 aliphatic heterocycles. The summed E-state index contributed by atoms with van der Waals surface area (Å²) in [4.78, 5) is 0. The predicted octanol–water partition coefficient (Wildman–Crippen LogP) is 3.28. The van der Waals surface area contributed by atoms with Gasteiger partial charge in [-0.3, -0.25) is 0 Å². The van der Waals surface area contributed by atoms with Crippen molar-refractivity contribution in [3.8, 4) is 0 Å². The number of halogens is 1. The fourth-order valence-corrected chi connectivity index (χ4v) is 2.97. The molecule has 1 aromatic carbocycles. The number of rotatable bonds is 5. The van der Waals surface area contributed by atoms with Gasteiger partial charge >= 0.3 is 0 Å². The molecule has 1 heterocycles. The lowest BCUT2D eigenvalue weighted by Crippen LogP contribution is -2.21. The SMILES string of the molecule is CC(C)(O)CSc1nnc(Nc2cccc(F)c2)s1. The topological polar surface area (TPSA) is 58.0 Å². The van der Waals surface area contributed by atoms with E-state index in [0.717, 1.165) is 4.34 Å². The summed E-state index contributed by atoms with van der Waals surface area (Å²) < 4.78 is 13.8. The predicted molar refractivity (Wildman–Crippen MR) is 76.6 cm³/mol. The Hall–Kier alpha value is -1.18. The summed E-state index contributed by atoms with van der Waals surface area (Å²) in [5.41, 5.74) is -0.109. The molecule has 0 saturated carbocycles. The third-order valence-electron chi connectivity index (χ3n) is 2.03. The van der Waals surface area contributed by atoms with Crippen molar-refractivity contribution >= 4 is 33.9 Å². The van der Waals surface area contributed by atoms with Crippen LogP contribution in [-0.4, -0.2) is 26.7 Å². The molecule has 7 heteroatoms. The Balaban J connectivity index is 1.97. The van der Waals surface area contributed by atoms with Gasteiger partial charge in [0, 0.05) is 11.4 Å². The van der Waals surface area contributed by atoms with Crippen LogP contribution in [0.4, 0.5) is 15.2 Å². The van der Waals surface area contributed by atoms with E-state index in [9.17, 15) is 9.50 Å². The molecule has 2 aromatic rings. The summed E-state index contributed by atoms with van der Waals surface area (Å²) >= 11 is 2.81. The molecule has 0 spiro atoms. The van der Waals surface area contributed by atoms with Crippen LogP contribution in [0.5, 0.6) is 0 Å². The first-order valence-electron chi connectivity index (χ1n) is 5.64. The molecule has 102 valence electrons. The lowest BCUT2D eigenvalue weighted by molar-refractivity contribution is 0.107. The van der Waals surface area contributed by atoms with Crippen molar-refractivity contribution in [1.29, 1.82) is 0 Å². The molecule has 4 nitrogen and oxygen atoms in total. The maximum absolute atomic E-state index is 13.0. The fourth-order valence-electron chi connectivity index (χ4n) is 1.25. The summed E-state index contributed by atoms with van der Waals surface area (Å²) in [6.45, 7) is 3.49. The Morgan fingerprint density at radius 3 is 2.89 bits per heavy atom. The third kappa shape index (κ3) is 4.77. The van der Waals surface area contributed by atoms with E-state index in [4.69, 9.17) is 0 Å². The van der Waals surface area contributed by atoms with E-state index in [1.54, 1.807) is 26.0 Å². The molecule has 0 fully saturated rings. The van der Waals surface area contributed by atoms with Crippen LogP contribution < -0.4 is 5.32 Å². The van der Waals surface area contributed by atoms with Crippen LogP contribution in [0.25, 0.3) is 0 Å². The summed E-state index contributed by atoms with van der Waals surface area (Å²) in [6.07, 6.45) is 0. The molecule has 0 saturated heterocycles. The summed E-state index contributed by atoms with van der Waals surface area (Å²) in [6, 6.07) is 6.16. The van der Waals surface area contributed by atoms with Crippen molar-refractivity contribution in [1.82, 2.24) is 10.2 Å². The molecule has 0 amide bonds. The molecular weight excluding hydrogens is 285 g/mol. The average molecular weight is 299 g/mol. The number of nitrogens with zero attached hydrogens (tertiary/aromatic N) is 2. The molecule has 2 N–H and O–H groups in total. The highest BCUT2D eigenvalue weighted by molar-refractivity contribution is 8.01. The summed E-state index contributed by atoms with van der Waals surface area (Å²) in [5.74, 6) is 0.243. The lowest BCUT2D eigenvalue weighted by atomic mass is 10.2. The van der Waals surface area contributed by atoms with Crippen LogP contribution in [0.15, 0.2) is 28.6 Å². The second-order valence-electron chi connectivity index (χ2n) is 4.61. The zero-order chi connectivity index (χ0) is 13.9. The zero-order valence-electron chi connectivity index (χ0n) is 10.6. The van der Waals surface area contributed by atoms with E-state index in [-0.39, 0.29) is 5.82 Å². The van der Waals surface area contributed by atoms with Gasteiger partial charge in [0.05, 0.1) is 5.60 Å². The Labute approximate surface area is 119 Å². The molecule has 2 rings (SSSR count). The average Bonchev–Trinajstić information content (AvgIpc) is 2.73. The number of thioether (sulfide) groups is 1. The van der Waals surface area contributed by atoms with Crippen molar-refractivity contribution in [3.63, 3.8) is 0 Å². The monoisotopic (exact) mass is 299 g/mol. The molecule has 0 radical (unpaired) electrons. The van der Waals surface area contributed by atoms with Gasteiger partial charge < -0.3 is 10.4 Å². The highest BCUT2D eigenvalue weighted by Gasteiger charge is 2.15. The van der Waals surface area contributed by atoms with Gasteiger partial charge in [-0.15, -0.1) is 10.2 Å². The van der Waals surface area contributed by atoms with E-state index in [2.05, 4.69) is 15.5 Å². The summed E-state index contributed by atoms with van der Waals surface area (Å²) in [7, 11) is 0. The third-order valence-corrected chi connectivity index (χ3v) is 4.45. The molecule has 19 heavy (non-hydrogen) atoms. The Bertz CT molecular complexity index is 554. The van der Waals surface area contributed by atoms with Crippen molar-refractivity contribution in [2.24, 2.45) is 0 Å². The van der Waals surface area contributed by atoms with Gasteiger partial charge in [0.2, 0.25) is 5.13 Å². The van der Waals surface area contributed by atoms with Crippen LogP contribution in [0.3, 0.4) is 0 Å². The van der Waals surface area contributed by atoms with Crippen LogP contribution >= 0.6 is 23.1 Å². The van der Waals surface area contributed by atoms with Gasteiger partial charge in [-0.25, -0.2) is 4.39 Å². The van der Waals surface area contributed by atoms with Crippen LogP contribution in [-0.2, 0) is 0 Å². The molecule has 0 bridgehead atoms. The quantitative estimate of drug-likeness (QED) is 0.830. The van der Waals surface area contributed by atoms with Crippen molar-refractivity contribution in [2.45, 2.75) is 23.8 Å². The number of hydrogen-bond donors (Lipinski definition) is 2. The molecular formula is C12H14FN3OS2. The van der Waals surface area contributed by atoms with E-state index in [1.807, 2.05) is 0 Å². The van der Waals surface area contributed by atoms with Gasteiger partial charge in [0.25, 0.3) is 0 Å². The van der Waals surface area contributed by atoms with E-state index in [1.165, 1.54) is 35.2 Å². The van der Waals surface area contributed by atoms with E-state index < -0.39 is 5.60 Å². The van der Waals surface area contributed by atoms with Crippen LogP contribution in [0, 0.1) is 5.82 Å². The normalized spacial score (nSPS) is 11.6. The van der Waals surface area contributed by atoms with Gasteiger partial charge in [-0.1, -0.05) is 29.2 Å². The minimum Gasteiger partial charge on any atom is -0.390 e. The second-order valence-corrected chi connectivity index (χ2v) is 6.81. The van der Waals surface area contributed by atoms with Gasteiger partial charge in [0.15, 0.2) is 4.34 Å². The fraction of sp³-hybridized carbons (Fsp3) is 0.333. The second kappa shape index (κ2) is 5.85. The number of hydrogen-bond acceptors (Lipinski definition) is 6. The van der Waals surface area contributed by atoms with Crippen LogP contribution in [0.1, 0.15) is 13.8 Å². The van der Waals surface area contributed by atoms with E-state index in [0.29, 0.717) is 16.6 Å². The number of nitrogens with one attached hydrogen (secondary N) is 1. The summed E-state index contributed by atoms with van der Waals surface area (Å²) in [5, 5.41) is 21.2. The Morgan fingerprint density at radius 1 is 1.42 bits per heavy atom.